The van der Waals surface area contributed by atoms with E-state index in [0.717, 1.165) is 12.8 Å². The maximum Gasteiger partial charge on any atom is 0.239 e. The highest BCUT2D eigenvalue weighted by molar-refractivity contribution is 5.88. The molecule has 0 fully saturated rings. The van der Waals surface area contributed by atoms with Gasteiger partial charge >= 0.3 is 0 Å². The molecule has 0 saturated heterocycles. The Morgan fingerprint density at radius 2 is 1.96 bits per heavy atom. The van der Waals surface area contributed by atoms with E-state index in [2.05, 4.69) is 40.7 Å². The van der Waals surface area contributed by atoms with Crippen molar-refractivity contribution in [3.63, 3.8) is 0 Å². The average molecular weight is 344 g/mol. The number of fused-ring (bicyclic) bond motifs is 1. The molecule has 2 amide bonds. The molecule has 6 heteroatoms. The number of aromatic nitrogens is 1. The van der Waals surface area contributed by atoms with Crippen LogP contribution in [0.5, 0.6) is 0 Å². The van der Waals surface area contributed by atoms with Crippen LogP contribution in [0.3, 0.4) is 0 Å². The van der Waals surface area contributed by atoms with E-state index in [-0.39, 0.29) is 24.3 Å². The highest BCUT2D eigenvalue weighted by Gasteiger charge is 2.17. The van der Waals surface area contributed by atoms with Crippen LogP contribution in [-0.2, 0) is 22.4 Å². The minimum Gasteiger partial charge on any atom is -0.361 e. The van der Waals surface area contributed by atoms with Crippen LogP contribution >= 0.6 is 0 Å². The maximum absolute atomic E-state index is 11.9. The van der Waals surface area contributed by atoms with E-state index in [1.165, 1.54) is 22.0 Å². The Hall–Kier alpha value is -2.34. The van der Waals surface area contributed by atoms with Crippen molar-refractivity contribution in [3.05, 3.63) is 35.5 Å². The normalized spacial score (nSPS) is 12.4. The molecule has 1 aromatic heterocycles. The van der Waals surface area contributed by atoms with Crippen LogP contribution in [-0.4, -0.2) is 35.9 Å². The van der Waals surface area contributed by atoms with E-state index in [9.17, 15) is 9.59 Å². The number of carbonyl (C=O) groups is 2. The maximum atomic E-state index is 11.9. The topological polar surface area (TPSA) is 100 Å². The number of rotatable bonds is 8. The van der Waals surface area contributed by atoms with Gasteiger partial charge in [-0.25, -0.2) is 0 Å². The van der Waals surface area contributed by atoms with Crippen LogP contribution < -0.4 is 16.4 Å². The first-order chi connectivity index (χ1) is 11.9. The molecule has 6 nitrogen and oxygen atoms in total. The summed E-state index contributed by atoms with van der Waals surface area (Å²) >= 11 is 0. The summed E-state index contributed by atoms with van der Waals surface area (Å²) in [5.41, 5.74) is 9.37. The molecule has 0 saturated carbocycles. The molecule has 1 atom stereocenters. The first kappa shape index (κ1) is 19.0. The van der Waals surface area contributed by atoms with Gasteiger partial charge < -0.3 is 21.4 Å². The first-order valence-electron chi connectivity index (χ1n) is 8.81. The fourth-order valence-electron chi connectivity index (χ4n) is 2.76. The van der Waals surface area contributed by atoms with Gasteiger partial charge in [-0.3, -0.25) is 9.59 Å². The van der Waals surface area contributed by atoms with Gasteiger partial charge in [-0.2, -0.15) is 0 Å². The summed E-state index contributed by atoms with van der Waals surface area (Å²) in [7, 11) is 0. The standard InChI is InChI=1S/C19H28N4O2/c1-4-13-6-5-7-15-14(10-22-18(13)15)8-9-21-16(24)11-23-19(25)17(20)12(2)3/h5-7,10,12,17,22H,4,8-9,11,20H2,1-3H3,(H,21,24)(H,23,25)/t17-/m0/s1. The molecular formula is C19H28N4O2. The molecule has 0 aliphatic carbocycles. The van der Waals surface area contributed by atoms with Crippen LogP contribution in [0.25, 0.3) is 10.9 Å². The molecule has 0 spiro atoms. The van der Waals surface area contributed by atoms with Crippen molar-refractivity contribution < 1.29 is 9.59 Å². The van der Waals surface area contributed by atoms with Crippen LogP contribution in [0.1, 0.15) is 31.9 Å². The second-order valence-corrected chi connectivity index (χ2v) is 6.59. The number of nitrogens with two attached hydrogens (primary N) is 1. The highest BCUT2D eigenvalue weighted by Crippen LogP contribution is 2.22. The third-order valence-corrected chi connectivity index (χ3v) is 4.43. The summed E-state index contributed by atoms with van der Waals surface area (Å²) in [6.07, 6.45) is 3.71. The van der Waals surface area contributed by atoms with Crippen LogP contribution in [0, 0.1) is 5.92 Å². The summed E-state index contributed by atoms with van der Waals surface area (Å²) in [5, 5.41) is 6.60. The smallest absolute Gasteiger partial charge is 0.239 e. The second kappa shape index (κ2) is 8.67. The number of aromatic amines is 1. The zero-order valence-electron chi connectivity index (χ0n) is 15.2. The molecular weight excluding hydrogens is 316 g/mol. The lowest BCUT2D eigenvalue weighted by atomic mass is 10.1. The number of amides is 2. The highest BCUT2D eigenvalue weighted by atomic mass is 16.2. The molecule has 25 heavy (non-hydrogen) atoms. The molecule has 5 N–H and O–H groups in total. The minimum absolute atomic E-state index is 0.0398. The molecule has 2 aromatic rings. The van der Waals surface area contributed by atoms with Gasteiger partial charge in [0.2, 0.25) is 11.8 Å². The SMILES string of the molecule is CCc1cccc2c(CCNC(=O)CNC(=O)[C@@H](N)C(C)C)c[nH]c12. The van der Waals surface area contributed by atoms with Crippen molar-refractivity contribution in [1.29, 1.82) is 0 Å². The lowest BCUT2D eigenvalue weighted by Gasteiger charge is -2.15. The van der Waals surface area contributed by atoms with E-state index >= 15 is 0 Å². The number of H-pyrrole nitrogens is 1. The first-order valence-corrected chi connectivity index (χ1v) is 8.81. The Labute approximate surface area is 148 Å². The van der Waals surface area contributed by atoms with Gasteiger partial charge in [-0.15, -0.1) is 0 Å². The molecule has 1 aromatic carbocycles. The molecule has 136 valence electrons. The largest absolute Gasteiger partial charge is 0.361 e. The number of carbonyl (C=O) groups excluding carboxylic acids is 2. The molecule has 2 rings (SSSR count). The number of nitrogens with one attached hydrogen (secondary N) is 3. The fourth-order valence-corrected chi connectivity index (χ4v) is 2.76. The van der Waals surface area contributed by atoms with Crippen molar-refractivity contribution in [3.8, 4) is 0 Å². The minimum atomic E-state index is -0.591. The van der Waals surface area contributed by atoms with Gasteiger partial charge in [0, 0.05) is 23.6 Å². The van der Waals surface area contributed by atoms with E-state index in [1.54, 1.807) is 0 Å². The van der Waals surface area contributed by atoms with E-state index < -0.39 is 6.04 Å². The molecule has 0 aliphatic heterocycles. The summed E-state index contributed by atoms with van der Waals surface area (Å²) in [6, 6.07) is 5.68. The van der Waals surface area contributed by atoms with Gasteiger partial charge in [-0.05, 0) is 29.9 Å². The van der Waals surface area contributed by atoms with Crippen LogP contribution in [0.2, 0.25) is 0 Å². The van der Waals surface area contributed by atoms with Gasteiger partial charge in [0.25, 0.3) is 0 Å². The summed E-state index contributed by atoms with van der Waals surface area (Å²) in [6.45, 7) is 6.35. The number of aryl methyl sites for hydroxylation is 1. The number of hydrogen-bond acceptors (Lipinski definition) is 3. The van der Waals surface area contributed by atoms with Crippen LogP contribution in [0.4, 0.5) is 0 Å². The number of hydrogen-bond donors (Lipinski definition) is 4. The van der Waals surface area contributed by atoms with Crippen molar-refractivity contribution in [2.45, 2.75) is 39.7 Å². The van der Waals surface area contributed by atoms with Crippen molar-refractivity contribution in [1.82, 2.24) is 15.6 Å². The lowest BCUT2D eigenvalue weighted by Crippen LogP contribution is -2.47. The quantitative estimate of drug-likeness (QED) is 0.584. The Balaban J connectivity index is 1.81. The Bertz CT molecular complexity index is 736. The lowest BCUT2D eigenvalue weighted by molar-refractivity contribution is -0.127. The molecule has 0 aliphatic rings. The predicted molar refractivity (Wildman–Crippen MR) is 100 cm³/mol. The summed E-state index contributed by atoms with van der Waals surface area (Å²) in [5.74, 6) is -0.467. The molecule has 0 bridgehead atoms. The van der Waals surface area contributed by atoms with Gasteiger partial charge in [-0.1, -0.05) is 39.0 Å². The van der Waals surface area contributed by atoms with Gasteiger partial charge in [0.15, 0.2) is 0 Å². The second-order valence-electron chi connectivity index (χ2n) is 6.59. The Morgan fingerprint density at radius 3 is 2.64 bits per heavy atom. The number of benzene rings is 1. The zero-order chi connectivity index (χ0) is 18.4. The third kappa shape index (κ3) is 4.82. The number of para-hydroxylation sites is 1. The predicted octanol–water partition coefficient (Wildman–Crippen LogP) is 1.49. The van der Waals surface area contributed by atoms with E-state index in [0.29, 0.717) is 6.54 Å². The average Bonchev–Trinajstić information content (AvgIpc) is 3.02. The van der Waals surface area contributed by atoms with Crippen molar-refractivity contribution in [2.24, 2.45) is 11.7 Å². The van der Waals surface area contributed by atoms with Crippen molar-refractivity contribution in [2.75, 3.05) is 13.1 Å². The third-order valence-electron chi connectivity index (χ3n) is 4.43. The fraction of sp³-hybridized carbons (Fsp3) is 0.474. The molecule has 1 heterocycles. The summed E-state index contributed by atoms with van der Waals surface area (Å²) in [4.78, 5) is 26.9. The Morgan fingerprint density at radius 1 is 1.20 bits per heavy atom. The zero-order valence-corrected chi connectivity index (χ0v) is 15.2. The van der Waals surface area contributed by atoms with Crippen molar-refractivity contribution >= 4 is 22.7 Å². The molecule has 0 radical (unpaired) electrons. The van der Waals surface area contributed by atoms with E-state index in [1.807, 2.05) is 20.0 Å². The van der Waals surface area contributed by atoms with Crippen LogP contribution in [0.15, 0.2) is 24.4 Å². The monoisotopic (exact) mass is 344 g/mol. The van der Waals surface area contributed by atoms with Gasteiger partial charge in [0.1, 0.15) is 0 Å². The van der Waals surface area contributed by atoms with Gasteiger partial charge in [0.05, 0.1) is 12.6 Å². The van der Waals surface area contributed by atoms with E-state index in [4.69, 9.17) is 5.73 Å². The molecule has 0 unspecified atom stereocenters. The summed E-state index contributed by atoms with van der Waals surface area (Å²) < 4.78 is 0. The Kier molecular flexibility index (Phi) is 6.58.